The van der Waals surface area contributed by atoms with Gasteiger partial charge in [-0.1, -0.05) is 13.0 Å². The number of pyridine rings is 1. The monoisotopic (exact) mass is 208 g/mol. The normalized spacial score (nSPS) is 25.9. The minimum atomic E-state index is -0.388. The highest BCUT2D eigenvalue weighted by Gasteiger charge is 2.30. The molecule has 15 heavy (non-hydrogen) atoms. The molecular weight excluding hydrogens is 191 g/mol. The predicted octanol–water partition coefficient (Wildman–Crippen LogP) is 2.99. The Morgan fingerprint density at radius 1 is 1.47 bits per heavy atom. The zero-order chi connectivity index (χ0) is 10.8. The van der Waals surface area contributed by atoms with Crippen molar-refractivity contribution in [1.82, 2.24) is 4.98 Å². The van der Waals surface area contributed by atoms with Gasteiger partial charge in [0.1, 0.15) is 5.82 Å². The molecule has 1 saturated heterocycles. The topological polar surface area (TPSA) is 16.1 Å². The van der Waals surface area contributed by atoms with Crippen LogP contribution in [0.4, 0.5) is 10.2 Å². The van der Waals surface area contributed by atoms with E-state index in [1.807, 2.05) is 6.07 Å². The highest BCUT2D eigenvalue weighted by Crippen LogP contribution is 2.30. The first kappa shape index (κ1) is 10.4. The summed E-state index contributed by atoms with van der Waals surface area (Å²) in [6, 6.07) is 6.02. The van der Waals surface area contributed by atoms with Crippen LogP contribution in [0.5, 0.6) is 0 Å². The zero-order valence-corrected chi connectivity index (χ0v) is 9.28. The van der Waals surface area contributed by atoms with E-state index in [2.05, 4.69) is 23.7 Å². The zero-order valence-electron chi connectivity index (χ0n) is 9.28. The molecule has 1 aromatic rings. The van der Waals surface area contributed by atoms with Crippen molar-refractivity contribution in [3.8, 4) is 0 Å². The molecule has 0 saturated carbocycles. The van der Waals surface area contributed by atoms with Crippen LogP contribution < -0.4 is 4.90 Å². The van der Waals surface area contributed by atoms with Crippen molar-refractivity contribution in [2.75, 3.05) is 4.90 Å². The van der Waals surface area contributed by atoms with Gasteiger partial charge in [-0.15, -0.1) is 0 Å². The van der Waals surface area contributed by atoms with Gasteiger partial charge in [-0.2, -0.15) is 4.39 Å². The minimum absolute atomic E-state index is 0.388. The van der Waals surface area contributed by atoms with Gasteiger partial charge >= 0.3 is 0 Å². The van der Waals surface area contributed by atoms with Crippen molar-refractivity contribution in [1.29, 1.82) is 0 Å². The molecule has 0 aromatic carbocycles. The van der Waals surface area contributed by atoms with Crippen LogP contribution in [0.1, 0.15) is 33.1 Å². The van der Waals surface area contributed by atoms with Gasteiger partial charge in [0, 0.05) is 12.1 Å². The number of hydrogen-bond donors (Lipinski definition) is 0. The fraction of sp³-hybridized carbons (Fsp3) is 0.583. The molecule has 0 bridgehead atoms. The molecule has 2 rings (SSSR count). The minimum Gasteiger partial charge on any atom is -0.351 e. The van der Waals surface area contributed by atoms with E-state index in [1.165, 1.54) is 18.9 Å². The number of nitrogens with zero attached hydrogens (tertiary/aromatic N) is 2. The van der Waals surface area contributed by atoms with Crippen molar-refractivity contribution in [2.45, 2.75) is 45.2 Å². The first-order valence-corrected chi connectivity index (χ1v) is 5.63. The summed E-state index contributed by atoms with van der Waals surface area (Å²) in [5.41, 5.74) is 0. The van der Waals surface area contributed by atoms with E-state index in [4.69, 9.17) is 0 Å². The van der Waals surface area contributed by atoms with Gasteiger partial charge in [0.05, 0.1) is 0 Å². The van der Waals surface area contributed by atoms with Gasteiger partial charge in [-0.3, -0.25) is 0 Å². The number of hydrogen-bond acceptors (Lipinski definition) is 2. The van der Waals surface area contributed by atoms with E-state index in [-0.39, 0.29) is 5.95 Å². The molecule has 2 unspecified atom stereocenters. The number of anilines is 1. The maximum Gasteiger partial charge on any atom is 0.214 e. The summed E-state index contributed by atoms with van der Waals surface area (Å²) in [6.45, 7) is 4.36. The lowest BCUT2D eigenvalue weighted by molar-refractivity contribution is 0.568. The molecule has 82 valence electrons. The Labute approximate surface area is 90.1 Å². The summed E-state index contributed by atoms with van der Waals surface area (Å²) in [5, 5.41) is 0. The second kappa shape index (κ2) is 4.17. The van der Waals surface area contributed by atoms with Gasteiger partial charge < -0.3 is 4.90 Å². The van der Waals surface area contributed by atoms with Crippen molar-refractivity contribution in [3.63, 3.8) is 0 Å². The summed E-state index contributed by atoms with van der Waals surface area (Å²) in [7, 11) is 0. The van der Waals surface area contributed by atoms with Crippen molar-refractivity contribution >= 4 is 5.82 Å². The standard InChI is InChI=1S/C12H17FN2/c1-3-10-8-7-9(2)15(10)12-6-4-5-11(13)14-12/h4-6,9-10H,3,7-8H2,1-2H3. The van der Waals surface area contributed by atoms with Crippen LogP contribution in [0.2, 0.25) is 0 Å². The number of aromatic nitrogens is 1. The molecule has 3 heteroatoms. The van der Waals surface area contributed by atoms with E-state index in [0.29, 0.717) is 12.1 Å². The molecule has 1 aliphatic rings. The third-order valence-corrected chi connectivity index (χ3v) is 3.22. The summed E-state index contributed by atoms with van der Waals surface area (Å²) < 4.78 is 13.0. The van der Waals surface area contributed by atoms with Crippen LogP contribution in [0, 0.1) is 5.95 Å². The summed E-state index contributed by atoms with van der Waals surface area (Å²) in [5.74, 6) is 0.397. The maximum atomic E-state index is 13.0. The molecule has 2 heterocycles. The Kier molecular flexibility index (Phi) is 2.89. The first-order chi connectivity index (χ1) is 7.22. The van der Waals surface area contributed by atoms with Crippen molar-refractivity contribution < 1.29 is 4.39 Å². The molecule has 0 N–H and O–H groups in total. The summed E-state index contributed by atoms with van der Waals surface area (Å²) in [6.07, 6.45) is 3.47. The molecule has 2 nitrogen and oxygen atoms in total. The van der Waals surface area contributed by atoms with E-state index < -0.39 is 0 Å². The molecule has 0 spiro atoms. The molecule has 0 radical (unpaired) electrons. The van der Waals surface area contributed by atoms with E-state index in [9.17, 15) is 4.39 Å². The first-order valence-electron chi connectivity index (χ1n) is 5.63. The second-order valence-corrected chi connectivity index (χ2v) is 4.21. The lowest BCUT2D eigenvalue weighted by Crippen LogP contribution is -2.34. The van der Waals surface area contributed by atoms with Crippen LogP contribution >= 0.6 is 0 Å². The average Bonchev–Trinajstić information content (AvgIpc) is 2.59. The van der Waals surface area contributed by atoms with Crippen LogP contribution in [0.15, 0.2) is 18.2 Å². The second-order valence-electron chi connectivity index (χ2n) is 4.21. The molecular formula is C12H17FN2. The summed E-state index contributed by atoms with van der Waals surface area (Å²) in [4.78, 5) is 6.22. The van der Waals surface area contributed by atoms with Crippen molar-refractivity contribution in [3.05, 3.63) is 24.1 Å². The highest BCUT2D eigenvalue weighted by molar-refractivity contribution is 5.42. The molecule has 1 fully saturated rings. The van der Waals surface area contributed by atoms with Gasteiger partial charge in [0.15, 0.2) is 0 Å². The van der Waals surface area contributed by atoms with Gasteiger partial charge in [-0.05, 0) is 38.3 Å². The number of rotatable bonds is 2. The SMILES string of the molecule is CCC1CCC(C)N1c1cccc(F)n1. The molecule has 1 aliphatic heterocycles. The fourth-order valence-corrected chi connectivity index (χ4v) is 2.43. The highest BCUT2D eigenvalue weighted by atomic mass is 19.1. The Morgan fingerprint density at radius 2 is 2.27 bits per heavy atom. The third-order valence-electron chi connectivity index (χ3n) is 3.22. The lowest BCUT2D eigenvalue weighted by atomic mass is 10.1. The summed E-state index contributed by atoms with van der Waals surface area (Å²) >= 11 is 0. The largest absolute Gasteiger partial charge is 0.351 e. The lowest BCUT2D eigenvalue weighted by Gasteiger charge is -2.28. The maximum absolute atomic E-state index is 13.0. The quantitative estimate of drug-likeness (QED) is 0.694. The van der Waals surface area contributed by atoms with Crippen LogP contribution in [0.3, 0.4) is 0 Å². The van der Waals surface area contributed by atoms with Gasteiger partial charge in [0.2, 0.25) is 5.95 Å². The van der Waals surface area contributed by atoms with Crippen LogP contribution in [-0.2, 0) is 0 Å². The predicted molar refractivity (Wildman–Crippen MR) is 59.4 cm³/mol. The third kappa shape index (κ3) is 1.96. The smallest absolute Gasteiger partial charge is 0.214 e. The van der Waals surface area contributed by atoms with E-state index in [0.717, 1.165) is 12.2 Å². The molecule has 0 aliphatic carbocycles. The average molecular weight is 208 g/mol. The van der Waals surface area contributed by atoms with Crippen molar-refractivity contribution in [2.24, 2.45) is 0 Å². The molecule has 1 aromatic heterocycles. The van der Waals surface area contributed by atoms with E-state index >= 15 is 0 Å². The van der Waals surface area contributed by atoms with Crippen LogP contribution in [-0.4, -0.2) is 17.1 Å². The fourth-order valence-electron chi connectivity index (χ4n) is 2.43. The Balaban J connectivity index is 2.28. The Morgan fingerprint density at radius 3 is 2.93 bits per heavy atom. The number of halogens is 1. The Bertz CT molecular complexity index is 340. The van der Waals surface area contributed by atoms with Crippen LogP contribution in [0.25, 0.3) is 0 Å². The van der Waals surface area contributed by atoms with Gasteiger partial charge in [-0.25, -0.2) is 4.98 Å². The van der Waals surface area contributed by atoms with Gasteiger partial charge in [0.25, 0.3) is 0 Å². The Hall–Kier alpha value is -1.12. The molecule has 2 atom stereocenters. The van der Waals surface area contributed by atoms with E-state index in [1.54, 1.807) is 6.07 Å². The molecule has 0 amide bonds.